The van der Waals surface area contributed by atoms with Crippen LogP contribution in [-0.4, -0.2) is 29.8 Å². The highest BCUT2D eigenvalue weighted by atomic mass is 16.5. The molecule has 4 heteroatoms. The second kappa shape index (κ2) is 8.12. The van der Waals surface area contributed by atoms with Gasteiger partial charge in [-0.1, -0.05) is 26.2 Å². The summed E-state index contributed by atoms with van der Waals surface area (Å²) in [7, 11) is 1.71. The molecule has 1 aromatic heterocycles. The van der Waals surface area contributed by atoms with Crippen LogP contribution in [0.4, 0.5) is 5.95 Å². The Kier molecular flexibility index (Phi) is 6.70. The third kappa shape index (κ3) is 5.22. The summed E-state index contributed by atoms with van der Waals surface area (Å²) in [6.45, 7) is 6.84. The summed E-state index contributed by atoms with van der Waals surface area (Å²) in [4.78, 5) is 4.48. The monoisotopic (exact) mass is 239 g/mol. The van der Waals surface area contributed by atoms with E-state index in [9.17, 15) is 0 Å². The van der Waals surface area contributed by atoms with Gasteiger partial charge in [0.05, 0.1) is 12.3 Å². The lowest BCUT2D eigenvalue weighted by molar-refractivity contribution is 0.210. The molecule has 0 bridgehead atoms. The molecule has 0 aliphatic heterocycles. The molecule has 0 saturated carbocycles. The number of unbranched alkanes of at least 4 members (excludes halogenated alkanes) is 3. The van der Waals surface area contributed by atoms with Gasteiger partial charge in [0, 0.05) is 26.4 Å². The minimum Gasteiger partial charge on any atom is -0.383 e. The number of nitrogens with one attached hydrogen (secondary N) is 1. The maximum absolute atomic E-state index is 5.02. The average Bonchev–Trinajstić information content (AvgIpc) is 2.66. The van der Waals surface area contributed by atoms with Crippen LogP contribution in [0.25, 0.3) is 0 Å². The lowest BCUT2D eigenvalue weighted by Gasteiger charge is -2.09. The molecule has 0 fully saturated rings. The van der Waals surface area contributed by atoms with Crippen molar-refractivity contribution in [1.82, 2.24) is 9.55 Å². The Morgan fingerprint density at radius 1 is 1.35 bits per heavy atom. The van der Waals surface area contributed by atoms with Crippen LogP contribution in [0.3, 0.4) is 0 Å². The molecule has 98 valence electrons. The van der Waals surface area contributed by atoms with Crippen molar-refractivity contribution in [2.75, 3.05) is 25.6 Å². The number of imidazole rings is 1. The summed E-state index contributed by atoms with van der Waals surface area (Å²) in [5, 5.41) is 3.30. The van der Waals surface area contributed by atoms with Crippen molar-refractivity contribution in [1.29, 1.82) is 0 Å². The number of aryl methyl sites for hydroxylation is 2. The number of aromatic nitrogens is 2. The summed E-state index contributed by atoms with van der Waals surface area (Å²) in [5.41, 5.74) is 1.07. The fourth-order valence-corrected chi connectivity index (χ4v) is 1.83. The Bertz CT molecular complexity index is 310. The number of anilines is 1. The molecule has 0 aliphatic rings. The Morgan fingerprint density at radius 3 is 2.88 bits per heavy atom. The molecule has 0 atom stereocenters. The Balaban J connectivity index is 2.40. The van der Waals surface area contributed by atoms with Crippen LogP contribution in [0.15, 0.2) is 6.20 Å². The minimum absolute atomic E-state index is 0.710. The van der Waals surface area contributed by atoms with Gasteiger partial charge < -0.3 is 14.6 Å². The van der Waals surface area contributed by atoms with Crippen LogP contribution in [0.5, 0.6) is 0 Å². The third-order valence-electron chi connectivity index (χ3n) is 2.74. The van der Waals surface area contributed by atoms with Crippen molar-refractivity contribution in [2.45, 2.75) is 46.1 Å². The van der Waals surface area contributed by atoms with E-state index in [1.54, 1.807) is 7.11 Å². The number of ether oxygens (including phenoxy) is 1. The molecule has 0 amide bonds. The Hall–Kier alpha value is -1.03. The molecule has 1 rings (SSSR count). The van der Waals surface area contributed by atoms with Crippen molar-refractivity contribution < 1.29 is 4.74 Å². The second-order valence-electron chi connectivity index (χ2n) is 4.38. The maximum atomic E-state index is 5.02. The molecular weight excluding hydrogens is 214 g/mol. The van der Waals surface area contributed by atoms with Gasteiger partial charge in [-0.05, 0) is 13.3 Å². The molecule has 0 unspecified atom stereocenters. The number of hydrogen-bond acceptors (Lipinski definition) is 3. The average molecular weight is 239 g/mol. The zero-order chi connectivity index (χ0) is 12.5. The fourth-order valence-electron chi connectivity index (χ4n) is 1.83. The van der Waals surface area contributed by atoms with Crippen LogP contribution in [0.2, 0.25) is 0 Å². The molecular formula is C13H25N3O. The summed E-state index contributed by atoms with van der Waals surface area (Å²) in [6.07, 6.45) is 7.23. The molecule has 17 heavy (non-hydrogen) atoms. The largest absolute Gasteiger partial charge is 0.383 e. The zero-order valence-corrected chi connectivity index (χ0v) is 11.3. The Morgan fingerprint density at radius 2 is 2.18 bits per heavy atom. The highest BCUT2D eigenvalue weighted by Crippen LogP contribution is 2.10. The van der Waals surface area contributed by atoms with Gasteiger partial charge in [0.2, 0.25) is 5.95 Å². The zero-order valence-electron chi connectivity index (χ0n) is 11.3. The van der Waals surface area contributed by atoms with Crippen LogP contribution in [-0.2, 0) is 11.3 Å². The molecule has 4 nitrogen and oxygen atoms in total. The normalized spacial score (nSPS) is 10.8. The van der Waals surface area contributed by atoms with E-state index in [0.717, 1.165) is 24.7 Å². The second-order valence-corrected chi connectivity index (χ2v) is 4.38. The van der Waals surface area contributed by atoms with Gasteiger partial charge in [-0.2, -0.15) is 0 Å². The third-order valence-corrected chi connectivity index (χ3v) is 2.74. The summed E-state index contributed by atoms with van der Waals surface area (Å²) >= 11 is 0. The van der Waals surface area contributed by atoms with Crippen molar-refractivity contribution >= 4 is 5.95 Å². The van der Waals surface area contributed by atoms with E-state index < -0.39 is 0 Å². The predicted molar refractivity (Wildman–Crippen MR) is 71.5 cm³/mol. The van der Waals surface area contributed by atoms with Gasteiger partial charge in [0.25, 0.3) is 0 Å². The predicted octanol–water partition coefficient (Wildman–Crippen LogP) is 2.83. The number of hydrogen-bond donors (Lipinski definition) is 1. The van der Waals surface area contributed by atoms with E-state index in [1.165, 1.54) is 25.7 Å². The van der Waals surface area contributed by atoms with E-state index in [1.807, 2.05) is 6.92 Å². The van der Waals surface area contributed by atoms with E-state index in [4.69, 9.17) is 4.74 Å². The number of nitrogens with zero attached hydrogens (tertiary/aromatic N) is 2. The summed E-state index contributed by atoms with van der Waals surface area (Å²) < 4.78 is 7.23. The first-order valence-electron chi connectivity index (χ1n) is 6.54. The Labute approximate surface area is 104 Å². The summed E-state index contributed by atoms with van der Waals surface area (Å²) in [5.74, 6) is 0.969. The van der Waals surface area contributed by atoms with Crippen molar-refractivity contribution in [2.24, 2.45) is 0 Å². The van der Waals surface area contributed by atoms with E-state index in [0.29, 0.717) is 6.61 Å². The van der Waals surface area contributed by atoms with Gasteiger partial charge in [0.15, 0.2) is 0 Å². The van der Waals surface area contributed by atoms with Crippen LogP contribution < -0.4 is 5.32 Å². The molecule has 0 spiro atoms. The fraction of sp³-hybridized carbons (Fsp3) is 0.769. The van der Waals surface area contributed by atoms with Gasteiger partial charge in [0.1, 0.15) is 0 Å². The van der Waals surface area contributed by atoms with Gasteiger partial charge >= 0.3 is 0 Å². The molecule has 0 radical (unpaired) electrons. The van der Waals surface area contributed by atoms with Gasteiger partial charge in [-0.25, -0.2) is 4.98 Å². The highest BCUT2D eigenvalue weighted by molar-refractivity contribution is 5.28. The van der Waals surface area contributed by atoms with E-state index in [2.05, 4.69) is 28.0 Å². The number of methoxy groups -OCH3 is 1. The lowest BCUT2D eigenvalue weighted by Crippen LogP contribution is -2.12. The lowest BCUT2D eigenvalue weighted by atomic mass is 10.2. The maximum Gasteiger partial charge on any atom is 0.203 e. The molecule has 1 N–H and O–H groups in total. The van der Waals surface area contributed by atoms with Crippen LogP contribution in [0, 0.1) is 6.92 Å². The molecule has 1 aromatic rings. The van der Waals surface area contributed by atoms with Crippen LogP contribution in [0.1, 0.15) is 38.3 Å². The molecule has 1 heterocycles. The van der Waals surface area contributed by atoms with Gasteiger partial charge in [-0.15, -0.1) is 0 Å². The molecule has 0 aliphatic carbocycles. The van der Waals surface area contributed by atoms with Crippen molar-refractivity contribution in [3.8, 4) is 0 Å². The first-order valence-corrected chi connectivity index (χ1v) is 6.54. The quantitative estimate of drug-likeness (QED) is 0.673. The highest BCUT2D eigenvalue weighted by Gasteiger charge is 2.04. The van der Waals surface area contributed by atoms with Crippen molar-refractivity contribution in [3.05, 3.63) is 11.9 Å². The first-order chi connectivity index (χ1) is 8.27. The van der Waals surface area contributed by atoms with E-state index in [-0.39, 0.29) is 0 Å². The summed E-state index contributed by atoms with van der Waals surface area (Å²) in [6, 6.07) is 0. The molecule has 0 saturated heterocycles. The number of rotatable bonds is 9. The van der Waals surface area contributed by atoms with Gasteiger partial charge in [-0.3, -0.25) is 0 Å². The topological polar surface area (TPSA) is 39.1 Å². The minimum atomic E-state index is 0.710. The van der Waals surface area contributed by atoms with E-state index >= 15 is 0 Å². The molecule has 0 aromatic carbocycles. The SMILES string of the molecule is CCCCCCn1cc(C)nc1NCCOC. The first kappa shape index (κ1) is 14.0. The standard InChI is InChI=1S/C13H25N3O/c1-4-5-6-7-9-16-11-12(2)15-13(16)14-8-10-17-3/h11H,4-10H2,1-3H3,(H,14,15). The van der Waals surface area contributed by atoms with Crippen LogP contribution >= 0.6 is 0 Å². The smallest absolute Gasteiger partial charge is 0.203 e. The van der Waals surface area contributed by atoms with Crippen molar-refractivity contribution in [3.63, 3.8) is 0 Å².